The van der Waals surface area contributed by atoms with Crippen LogP contribution in [0.1, 0.15) is 16.3 Å². The standard InChI is InChI=1S/C14H15N5O/c1-18-8-7-15-12(18)9-19(2)14(20)13-10-5-3-4-6-11(10)16-17-13/h3-8H,9H2,1-2H3,(H,16,17). The predicted molar refractivity (Wildman–Crippen MR) is 75.1 cm³/mol. The smallest absolute Gasteiger partial charge is 0.275 e. The Balaban J connectivity index is 1.87. The highest BCUT2D eigenvalue weighted by Gasteiger charge is 2.19. The van der Waals surface area contributed by atoms with Crippen LogP contribution < -0.4 is 0 Å². The number of carbonyl (C=O) groups is 1. The lowest BCUT2D eigenvalue weighted by Crippen LogP contribution is -2.28. The molecular formula is C14H15N5O. The number of hydrogen-bond donors (Lipinski definition) is 1. The molecule has 0 aliphatic carbocycles. The summed E-state index contributed by atoms with van der Waals surface area (Å²) in [4.78, 5) is 18.3. The van der Waals surface area contributed by atoms with E-state index >= 15 is 0 Å². The van der Waals surface area contributed by atoms with Crippen LogP contribution in [0.25, 0.3) is 10.9 Å². The van der Waals surface area contributed by atoms with Crippen molar-refractivity contribution in [3.63, 3.8) is 0 Å². The summed E-state index contributed by atoms with van der Waals surface area (Å²) in [5, 5.41) is 7.84. The van der Waals surface area contributed by atoms with Gasteiger partial charge in [0.2, 0.25) is 0 Å². The van der Waals surface area contributed by atoms with E-state index in [2.05, 4.69) is 15.2 Å². The Morgan fingerprint density at radius 3 is 2.95 bits per heavy atom. The van der Waals surface area contributed by atoms with E-state index in [0.29, 0.717) is 12.2 Å². The SMILES string of the molecule is CN(Cc1nccn1C)C(=O)c1n[nH]c2ccccc12. The van der Waals surface area contributed by atoms with Crippen molar-refractivity contribution in [3.8, 4) is 0 Å². The second kappa shape index (κ2) is 4.80. The first-order chi connectivity index (χ1) is 9.66. The van der Waals surface area contributed by atoms with Gasteiger partial charge in [-0.05, 0) is 6.07 Å². The molecule has 102 valence electrons. The lowest BCUT2D eigenvalue weighted by atomic mass is 10.2. The van der Waals surface area contributed by atoms with Gasteiger partial charge in [-0.2, -0.15) is 5.10 Å². The van der Waals surface area contributed by atoms with Gasteiger partial charge in [0.1, 0.15) is 5.82 Å². The highest BCUT2D eigenvalue weighted by atomic mass is 16.2. The zero-order valence-corrected chi connectivity index (χ0v) is 11.4. The topological polar surface area (TPSA) is 66.8 Å². The maximum Gasteiger partial charge on any atom is 0.275 e. The van der Waals surface area contributed by atoms with Gasteiger partial charge in [-0.3, -0.25) is 9.89 Å². The predicted octanol–water partition coefficient (Wildman–Crippen LogP) is 1.57. The Labute approximate surface area is 116 Å². The quantitative estimate of drug-likeness (QED) is 0.784. The number of benzene rings is 1. The van der Waals surface area contributed by atoms with Crippen molar-refractivity contribution < 1.29 is 4.79 Å². The Morgan fingerprint density at radius 1 is 1.40 bits per heavy atom. The summed E-state index contributed by atoms with van der Waals surface area (Å²) in [6, 6.07) is 7.60. The van der Waals surface area contributed by atoms with Crippen LogP contribution >= 0.6 is 0 Å². The average molecular weight is 269 g/mol. The van der Waals surface area contributed by atoms with Crippen LogP contribution in [0.15, 0.2) is 36.7 Å². The molecular weight excluding hydrogens is 254 g/mol. The summed E-state index contributed by atoms with van der Waals surface area (Å²) in [6.07, 6.45) is 3.58. The Kier molecular flexibility index (Phi) is 2.98. The summed E-state index contributed by atoms with van der Waals surface area (Å²) in [6.45, 7) is 0.448. The lowest BCUT2D eigenvalue weighted by Gasteiger charge is -2.15. The number of H-pyrrole nitrogens is 1. The largest absolute Gasteiger partial charge is 0.337 e. The fraction of sp³-hybridized carbons (Fsp3) is 0.214. The molecule has 2 aromatic heterocycles. The highest BCUT2D eigenvalue weighted by molar-refractivity contribution is 6.04. The van der Waals surface area contributed by atoms with E-state index in [-0.39, 0.29) is 5.91 Å². The molecule has 0 radical (unpaired) electrons. The third-order valence-corrected chi connectivity index (χ3v) is 3.32. The maximum absolute atomic E-state index is 12.5. The molecule has 0 spiro atoms. The van der Waals surface area contributed by atoms with E-state index in [1.807, 2.05) is 42.1 Å². The van der Waals surface area contributed by atoms with Crippen LogP contribution in [0.3, 0.4) is 0 Å². The van der Waals surface area contributed by atoms with Crippen LogP contribution in [0.4, 0.5) is 0 Å². The number of aromatic amines is 1. The summed E-state index contributed by atoms with van der Waals surface area (Å²) >= 11 is 0. The van der Waals surface area contributed by atoms with Crippen molar-refractivity contribution >= 4 is 16.8 Å². The number of carbonyl (C=O) groups excluding carboxylic acids is 1. The number of aryl methyl sites for hydroxylation is 1. The fourth-order valence-electron chi connectivity index (χ4n) is 2.14. The Bertz CT molecular complexity index is 758. The van der Waals surface area contributed by atoms with Crippen LogP contribution in [0.2, 0.25) is 0 Å². The summed E-state index contributed by atoms with van der Waals surface area (Å²) in [5.74, 6) is 0.714. The van der Waals surface area contributed by atoms with Crippen LogP contribution in [-0.2, 0) is 13.6 Å². The number of nitrogens with zero attached hydrogens (tertiary/aromatic N) is 4. The third-order valence-electron chi connectivity index (χ3n) is 3.32. The first-order valence-electron chi connectivity index (χ1n) is 6.31. The van der Waals surface area contributed by atoms with E-state index in [9.17, 15) is 4.79 Å². The van der Waals surface area contributed by atoms with Crippen LogP contribution in [-0.4, -0.2) is 37.6 Å². The van der Waals surface area contributed by atoms with Gasteiger partial charge in [-0.1, -0.05) is 18.2 Å². The molecule has 0 atom stereocenters. The number of rotatable bonds is 3. The molecule has 0 saturated carbocycles. The maximum atomic E-state index is 12.5. The van der Waals surface area contributed by atoms with Crippen molar-refractivity contribution in [1.82, 2.24) is 24.6 Å². The van der Waals surface area contributed by atoms with Gasteiger partial charge < -0.3 is 9.47 Å². The normalized spacial score (nSPS) is 10.9. The molecule has 0 aliphatic heterocycles. The molecule has 1 amide bonds. The van der Waals surface area contributed by atoms with E-state index in [4.69, 9.17) is 0 Å². The molecule has 0 fully saturated rings. The molecule has 2 heterocycles. The number of nitrogens with one attached hydrogen (secondary N) is 1. The molecule has 3 aromatic rings. The van der Waals surface area contributed by atoms with E-state index < -0.39 is 0 Å². The minimum Gasteiger partial charge on any atom is -0.337 e. The lowest BCUT2D eigenvalue weighted by molar-refractivity contribution is 0.0776. The van der Waals surface area contributed by atoms with Crippen LogP contribution in [0.5, 0.6) is 0 Å². The van der Waals surface area contributed by atoms with E-state index in [1.54, 1.807) is 18.1 Å². The minimum absolute atomic E-state index is 0.120. The van der Waals surface area contributed by atoms with Gasteiger partial charge >= 0.3 is 0 Å². The number of para-hydroxylation sites is 1. The molecule has 0 saturated heterocycles. The molecule has 6 nitrogen and oxygen atoms in total. The van der Waals surface area contributed by atoms with Gasteiger partial charge in [0.25, 0.3) is 5.91 Å². The van der Waals surface area contributed by atoms with Crippen molar-refractivity contribution in [3.05, 3.63) is 48.2 Å². The van der Waals surface area contributed by atoms with Gasteiger partial charge in [0.05, 0.1) is 12.1 Å². The number of aromatic nitrogens is 4. The molecule has 1 N–H and O–H groups in total. The average Bonchev–Trinajstić information content (AvgIpc) is 3.05. The molecule has 20 heavy (non-hydrogen) atoms. The molecule has 0 unspecified atom stereocenters. The Morgan fingerprint density at radius 2 is 2.20 bits per heavy atom. The van der Waals surface area contributed by atoms with Gasteiger partial charge in [-0.25, -0.2) is 4.98 Å². The zero-order chi connectivity index (χ0) is 14.1. The fourth-order valence-corrected chi connectivity index (χ4v) is 2.14. The number of amides is 1. The van der Waals surface area contributed by atoms with E-state index in [1.165, 1.54) is 0 Å². The zero-order valence-electron chi connectivity index (χ0n) is 11.4. The van der Waals surface area contributed by atoms with Gasteiger partial charge in [-0.15, -0.1) is 0 Å². The number of imidazole rings is 1. The van der Waals surface area contributed by atoms with E-state index in [0.717, 1.165) is 16.7 Å². The molecule has 6 heteroatoms. The van der Waals surface area contributed by atoms with Crippen molar-refractivity contribution in [2.24, 2.45) is 7.05 Å². The third kappa shape index (κ3) is 2.05. The monoisotopic (exact) mass is 269 g/mol. The van der Waals surface area contributed by atoms with Crippen molar-refractivity contribution in [2.45, 2.75) is 6.54 Å². The van der Waals surface area contributed by atoms with Crippen molar-refractivity contribution in [2.75, 3.05) is 7.05 Å². The minimum atomic E-state index is -0.120. The van der Waals surface area contributed by atoms with Gasteiger partial charge in [0.15, 0.2) is 5.69 Å². The second-order valence-electron chi connectivity index (χ2n) is 4.73. The first-order valence-corrected chi connectivity index (χ1v) is 6.31. The first kappa shape index (κ1) is 12.4. The molecule has 0 aliphatic rings. The van der Waals surface area contributed by atoms with Crippen molar-refractivity contribution in [1.29, 1.82) is 0 Å². The summed E-state index contributed by atoms with van der Waals surface area (Å²) in [5.41, 5.74) is 1.30. The number of fused-ring (bicyclic) bond motifs is 1. The molecule has 3 rings (SSSR count). The summed E-state index contributed by atoms with van der Waals surface area (Å²) in [7, 11) is 3.66. The Hall–Kier alpha value is -2.63. The second-order valence-corrected chi connectivity index (χ2v) is 4.73. The van der Waals surface area contributed by atoms with Crippen LogP contribution in [0, 0.1) is 0 Å². The summed E-state index contributed by atoms with van der Waals surface area (Å²) < 4.78 is 1.90. The molecule has 1 aromatic carbocycles. The molecule has 0 bridgehead atoms. The highest BCUT2D eigenvalue weighted by Crippen LogP contribution is 2.17. The number of hydrogen-bond acceptors (Lipinski definition) is 3. The van der Waals surface area contributed by atoms with Gasteiger partial charge in [0, 0.05) is 31.9 Å².